The molecule has 0 aromatic heterocycles. The number of carbonyl (C=O) groups excluding carboxylic acids is 2. The minimum atomic E-state index is -3.78. The minimum absolute atomic E-state index is 0.353. The summed E-state index contributed by atoms with van der Waals surface area (Å²) in [5.74, 6) is -2.85. The van der Waals surface area contributed by atoms with Crippen molar-refractivity contribution >= 4 is 21.6 Å². The lowest BCUT2D eigenvalue weighted by Gasteiger charge is -2.05. The topological polar surface area (TPSA) is 77.5 Å². The largest absolute Gasteiger partial charge is 0.468 e. The molecule has 0 radical (unpaired) electrons. The fourth-order valence-corrected chi connectivity index (χ4v) is 2.59. The maximum absolute atomic E-state index is 11.8. The Hall–Kier alpha value is -1.69. The van der Waals surface area contributed by atoms with Crippen LogP contribution in [0.4, 0.5) is 0 Å². The zero-order valence-corrected chi connectivity index (χ0v) is 11.0. The highest BCUT2D eigenvalue weighted by molar-refractivity contribution is 7.92. The van der Waals surface area contributed by atoms with Crippen LogP contribution in [0.1, 0.15) is 15.9 Å². The van der Waals surface area contributed by atoms with Gasteiger partial charge in [-0.15, -0.1) is 0 Å². The first kappa shape index (κ1) is 14.4. The van der Waals surface area contributed by atoms with E-state index < -0.39 is 33.1 Å². The summed E-state index contributed by atoms with van der Waals surface area (Å²) in [5, 5.41) is 0. The van der Waals surface area contributed by atoms with Gasteiger partial charge in [0.2, 0.25) is 0 Å². The first-order valence-electron chi connectivity index (χ1n) is 5.22. The molecule has 0 aliphatic heterocycles. The van der Waals surface area contributed by atoms with Crippen LogP contribution in [0, 0.1) is 6.92 Å². The molecule has 0 bridgehead atoms. The summed E-state index contributed by atoms with van der Waals surface area (Å²) in [6.07, 6.45) is 0. The SMILES string of the molecule is COC(=O)CS(=O)(=O)CC(=O)c1ccccc1C. The number of rotatable bonds is 5. The Morgan fingerprint density at radius 2 is 1.78 bits per heavy atom. The molecule has 6 heteroatoms. The molecule has 0 saturated heterocycles. The van der Waals surface area contributed by atoms with Gasteiger partial charge in [-0.25, -0.2) is 8.42 Å². The Labute approximate surface area is 106 Å². The molecule has 0 atom stereocenters. The number of benzene rings is 1. The number of aryl methyl sites for hydroxylation is 1. The highest BCUT2D eigenvalue weighted by atomic mass is 32.2. The number of Topliss-reactive ketones (excluding diaryl/α,β-unsaturated/α-hetero) is 1. The average Bonchev–Trinajstić information content (AvgIpc) is 2.27. The Morgan fingerprint density at radius 3 is 2.33 bits per heavy atom. The summed E-state index contributed by atoms with van der Waals surface area (Å²) < 4.78 is 27.4. The van der Waals surface area contributed by atoms with Crippen molar-refractivity contribution in [3.8, 4) is 0 Å². The molecule has 0 saturated carbocycles. The zero-order chi connectivity index (χ0) is 13.8. The maximum atomic E-state index is 11.8. The number of ketones is 1. The van der Waals surface area contributed by atoms with E-state index in [1.54, 1.807) is 31.2 Å². The number of hydrogen-bond donors (Lipinski definition) is 0. The van der Waals surface area contributed by atoms with Crippen molar-refractivity contribution in [2.45, 2.75) is 6.92 Å². The molecule has 0 spiro atoms. The smallest absolute Gasteiger partial charge is 0.320 e. The summed E-state index contributed by atoms with van der Waals surface area (Å²) in [6, 6.07) is 6.70. The second-order valence-electron chi connectivity index (χ2n) is 3.85. The van der Waals surface area contributed by atoms with Crippen molar-refractivity contribution in [1.29, 1.82) is 0 Å². The first-order valence-corrected chi connectivity index (χ1v) is 7.04. The first-order chi connectivity index (χ1) is 8.35. The second-order valence-corrected chi connectivity index (χ2v) is 5.91. The lowest BCUT2D eigenvalue weighted by molar-refractivity contribution is -0.137. The van der Waals surface area contributed by atoms with E-state index in [2.05, 4.69) is 4.74 Å². The van der Waals surface area contributed by atoms with Crippen molar-refractivity contribution in [2.75, 3.05) is 18.6 Å². The predicted octanol–water partition coefficient (Wildman–Crippen LogP) is 0.766. The Morgan fingerprint density at radius 1 is 1.17 bits per heavy atom. The van der Waals surface area contributed by atoms with E-state index >= 15 is 0 Å². The van der Waals surface area contributed by atoms with E-state index in [-0.39, 0.29) is 0 Å². The molecule has 1 aromatic carbocycles. The van der Waals surface area contributed by atoms with Crippen LogP contribution in [0.25, 0.3) is 0 Å². The molecular weight excluding hydrogens is 256 g/mol. The van der Waals surface area contributed by atoms with Crippen LogP contribution < -0.4 is 0 Å². The molecule has 0 heterocycles. The lowest BCUT2D eigenvalue weighted by atomic mass is 10.1. The summed E-state index contributed by atoms with van der Waals surface area (Å²) >= 11 is 0. The van der Waals surface area contributed by atoms with Gasteiger partial charge >= 0.3 is 5.97 Å². The van der Waals surface area contributed by atoms with Crippen molar-refractivity contribution in [2.24, 2.45) is 0 Å². The molecule has 0 amide bonds. The molecule has 0 fully saturated rings. The van der Waals surface area contributed by atoms with E-state index in [9.17, 15) is 18.0 Å². The second kappa shape index (κ2) is 5.77. The number of hydrogen-bond acceptors (Lipinski definition) is 5. The molecule has 0 aliphatic carbocycles. The zero-order valence-electron chi connectivity index (χ0n) is 10.2. The third kappa shape index (κ3) is 3.96. The number of carbonyl (C=O) groups is 2. The molecule has 0 N–H and O–H groups in total. The lowest BCUT2D eigenvalue weighted by Crippen LogP contribution is -2.24. The van der Waals surface area contributed by atoms with Gasteiger partial charge in [0.25, 0.3) is 0 Å². The fourth-order valence-electron chi connectivity index (χ4n) is 1.45. The monoisotopic (exact) mass is 270 g/mol. The van der Waals surface area contributed by atoms with E-state index in [1.807, 2.05) is 0 Å². The molecule has 18 heavy (non-hydrogen) atoms. The Balaban J connectivity index is 2.83. The van der Waals surface area contributed by atoms with Gasteiger partial charge in [0.05, 0.1) is 7.11 Å². The van der Waals surface area contributed by atoms with Crippen molar-refractivity contribution < 1.29 is 22.7 Å². The number of sulfone groups is 1. The van der Waals surface area contributed by atoms with Crippen LogP contribution in [-0.2, 0) is 19.4 Å². The number of esters is 1. The van der Waals surface area contributed by atoms with Crippen molar-refractivity contribution in [1.82, 2.24) is 0 Å². The van der Waals surface area contributed by atoms with Crippen LogP contribution in [0.3, 0.4) is 0 Å². The highest BCUT2D eigenvalue weighted by Gasteiger charge is 2.22. The van der Waals surface area contributed by atoms with Gasteiger partial charge in [-0.3, -0.25) is 9.59 Å². The highest BCUT2D eigenvalue weighted by Crippen LogP contribution is 2.09. The normalized spacial score (nSPS) is 11.0. The molecule has 1 rings (SSSR count). The van der Waals surface area contributed by atoms with Crippen LogP contribution >= 0.6 is 0 Å². The van der Waals surface area contributed by atoms with Gasteiger partial charge in [-0.1, -0.05) is 24.3 Å². The summed E-state index contributed by atoms with van der Waals surface area (Å²) in [5.41, 5.74) is 1.06. The van der Waals surface area contributed by atoms with Gasteiger partial charge in [0.15, 0.2) is 15.6 Å². The van der Waals surface area contributed by atoms with E-state index in [4.69, 9.17) is 0 Å². The van der Waals surface area contributed by atoms with Gasteiger partial charge in [-0.05, 0) is 12.5 Å². The summed E-state index contributed by atoms with van der Waals surface area (Å²) in [4.78, 5) is 22.7. The minimum Gasteiger partial charge on any atom is -0.468 e. The van der Waals surface area contributed by atoms with Gasteiger partial charge in [0, 0.05) is 5.56 Å². The Kier molecular flexibility index (Phi) is 4.61. The Bertz CT molecular complexity index is 560. The number of ether oxygens (including phenoxy) is 1. The number of methoxy groups -OCH3 is 1. The van der Waals surface area contributed by atoms with Crippen LogP contribution in [0.15, 0.2) is 24.3 Å². The molecule has 0 unspecified atom stereocenters. The molecule has 0 aliphatic rings. The van der Waals surface area contributed by atoms with Gasteiger partial charge < -0.3 is 4.74 Å². The van der Waals surface area contributed by atoms with Crippen LogP contribution in [0.2, 0.25) is 0 Å². The molecule has 5 nitrogen and oxygen atoms in total. The average molecular weight is 270 g/mol. The summed E-state index contributed by atoms with van der Waals surface area (Å²) in [7, 11) is -2.68. The standard InChI is InChI=1S/C12H14O5S/c1-9-5-3-4-6-10(9)11(13)7-18(15,16)8-12(14)17-2/h3-6H,7-8H2,1-2H3. The van der Waals surface area contributed by atoms with Crippen molar-refractivity contribution in [3.63, 3.8) is 0 Å². The maximum Gasteiger partial charge on any atom is 0.320 e. The van der Waals surface area contributed by atoms with Gasteiger partial charge in [-0.2, -0.15) is 0 Å². The third-order valence-electron chi connectivity index (χ3n) is 2.36. The molecular formula is C12H14O5S. The quantitative estimate of drug-likeness (QED) is 0.583. The van der Waals surface area contributed by atoms with Gasteiger partial charge in [0.1, 0.15) is 11.5 Å². The van der Waals surface area contributed by atoms with E-state index in [1.165, 1.54) is 0 Å². The fraction of sp³-hybridized carbons (Fsp3) is 0.333. The third-order valence-corrected chi connectivity index (χ3v) is 3.74. The summed E-state index contributed by atoms with van der Waals surface area (Å²) in [6.45, 7) is 1.72. The molecule has 98 valence electrons. The van der Waals surface area contributed by atoms with E-state index in [0.29, 0.717) is 11.1 Å². The van der Waals surface area contributed by atoms with Crippen molar-refractivity contribution in [3.05, 3.63) is 35.4 Å². The van der Waals surface area contributed by atoms with Crippen LogP contribution in [0.5, 0.6) is 0 Å². The molecule has 1 aromatic rings. The van der Waals surface area contributed by atoms with E-state index in [0.717, 1.165) is 7.11 Å². The predicted molar refractivity (Wildman–Crippen MR) is 66.2 cm³/mol. The van der Waals surface area contributed by atoms with Crippen LogP contribution in [-0.4, -0.2) is 38.8 Å².